The Labute approximate surface area is 328 Å². The van der Waals surface area contributed by atoms with Crippen molar-refractivity contribution in [1.29, 1.82) is 0 Å². The van der Waals surface area contributed by atoms with Crippen LogP contribution in [-0.4, -0.2) is 11.5 Å². The summed E-state index contributed by atoms with van der Waals surface area (Å²) in [5.41, 5.74) is 0. The molecule has 6 heteroatoms. The number of pyridine rings is 2. The Kier molecular flexibility index (Phi) is 36.7. The predicted octanol–water partition coefficient (Wildman–Crippen LogP) is 7.34. The number of hydrogen-bond donors (Lipinski definition) is 0. The van der Waals surface area contributed by atoms with Gasteiger partial charge in [0.2, 0.25) is 0 Å². The largest absolute Gasteiger partial charge is 1.00 e. The van der Waals surface area contributed by atoms with Gasteiger partial charge < -0.3 is 34.0 Å². The molecule has 0 saturated carbocycles. The van der Waals surface area contributed by atoms with Gasteiger partial charge in [0.25, 0.3) is 0 Å². The third-order valence-electron chi connectivity index (χ3n) is 9.34. The van der Waals surface area contributed by atoms with E-state index in [4.69, 9.17) is 0 Å². The Morgan fingerprint density at radius 3 is 0.875 bits per heavy atom. The van der Waals surface area contributed by atoms with Crippen LogP contribution >= 0.6 is 23.5 Å². The van der Waals surface area contributed by atoms with E-state index in [1.165, 1.54) is 201 Å². The molecule has 2 heterocycles. The van der Waals surface area contributed by atoms with Gasteiger partial charge in [-0.2, -0.15) is 0 Å². The number of hydrogen-bond acceptors (Lipinski definition) is 2. The highest BCUT2D eigenvalue weighted by Crippen LogP contribution is 2.21. The van der Waals surface area contributed by atoms with E-state index in [1.54, 1.807) is 0 Å². The number of rotatable bonds is 33. The zero-order valence-corrected chi connectivity index (χ0v) is 36.1. The second-order valence-electron chi connectivity index (χ2n) is 13.7. The van der Waals surface area contributed by atoms with Crippen LogP contribution in [0.3, 0.4) is 0 Å². The van der Waals surface area contributed by atoms with E-state index in [0.717, 1.165) is 0 Å². The summed E-state index contributed by atoms with van der Waals surface area (Å²) in [6.07, 6.45) is 45.8. The standard InChI is InChI=1S/C42H74N2S2.2BrH/c1-3-5-7-9-11-13-15-17-19-21-23-25-33-43-35-29-41(30-36-43)45-39-27-28-40-46-42-31-37-44(38-32-42)34-26-24-22-20-18-16-14-12-10-8-6-4-2;;/h29-32,35-38H,3-28,33-34,39-40H2,1-2H3;2*1H/q+2;;/p-2. The number of aromatic nitrogens is 2. The van der Waals surface area contributed by atoms with Gasteiger partial charge in [0.1, 0.15) is 13.1 Å². The van der Waals surface area contributed by atoms with Crippen molar-refractivity contribution in [2.45, 2.75) is 204 Å². The molecule has 0 amide bonds. The number of nitrogens with zero attached hydrogens (tertiary/aromatic N) is 2. The van der Waals surface area contributed by atoms with Crippen molar-refractivity contribution in [1.82, 2.24) is 0 Å². The Balaban J connectivity index is 0.0000110. The molecule has 0 unspecified atom stereocenters. The van der Waals surface area contributed by atoms with Crippen LogP contribution in [0.15, 0.2) is 58.8 Å². The molecule has 0 spiro atoms. The number of halogens is 2. The van der Waals surface area contributed by atoms with Crippen molar-refractivity contribution >= 4 is 23.5 Å². The van der Waals surface area contributed by atoms with E-state index in [0.29, 0.717) is 0 Å². The van der Waals surface area contributed by atoms with Crippen molar-refractivity contribution in [2.24, 2.45) is 0 Å². The molecule has 0 fully saturated rings. The Morgan fingerprint density at radius 1 is 0.354 bits per heavy atom. The lowest BCUT2D eigenvalue weighted by atomic mass is 10.1. The van der Waals surface area contributed by atoms with Crippen molar-refractivity contribution < 1.29 is 43.1 Å². The van der Waals surface area contributed by atoms with Gasteiger partial charge in [-0.05, 0) is 37.2 Å². The summed E-state index contributed by atoms with van der Waals surface area (Å²) < 4.78 is 4.75. The Bertz CT molecular complexity index is 835. The van der Waals surface area contributed by atoms with E-state index < -0.39 is 0 Å². The molecule has 2 aromatic rings. The van der Waals surface area contributed by atoms with Gasteiger partial charge >= 0.3 is 0 Å². The van der Waals surface area contributed by atoms with Crippen molar-refractivity contribution in [2.75, 3.05) is 11.5 Å². The van der Waals surface area contributed by atoms with Crippen molar-refractivity contribution in [3.63, 3.8) is 0 Å². The van der Waals surface area contributed by atoms with Crippen LogP contribution in [-0.2, 0) is 13.1 Å². The van der Waals surface area contributed by atoms with Gasteiger partial charge in [-0.25, -0.2) is 9.13 Å². The van der Waals surface area contributed by atoms with Gasteiger partial charge in [0.15, 0.2) is 24.8 Å². The molecule has 0 bridgehead atoms. The SMILES string of the molecule is CCCCCCCCCCCCCC[n+]1ccc(SCCCCSc2cc[n+](CCCCCCCCCCCCCC)cc2)cc1.[Br-].[Br-]. The van der Waals surface area contributed by atoms with Crippen LogP contribution in [0.1, 0.15) is 181 Å². The molecular formula is C42H74Br2N2S2. The molecule has 0 aliphatic heterocycles. The van der Waals surface area contributed by atoms with E-state index in [2.05, 4.69) is 72.0 Å². The maximum absolute atomic E-state index is 2.37. The fourth-order valence-corrected chi connectivity index (χ4v) is 8.03. The monoisotopic (exact) mass is 828 g/mol. The van der Waals surface area contributed by atoms with Crippen LogP contribution < -0.4 is 43.1 Å². The van der Waals surface area contributed by atoms with E-state index >= 15 is 0 Å². The fourth-order valence-electron chi connectivity index (χ4n) is 6.23. The summed E-state index contributed by atoms with van der Waals surface area (Å²) in [6.45, 7) is 6.93. The van der Waals surface area contributed by atoms with Crippen LogP contribution in [0.4, 0.5) is 0 Å². The van der Waals surface area contributed by atoms with E-state index in [1.807, 2.05) is 23.5 Å². The molecule has 0 atom stereocenters. The third-order valence-corrected chi connectivity index (χ3v) is 11.5. The fraction of sp³-hybridized carbons (Fsp3) is 0.762. The summed E-state index contributed by atoms with van der Waals surface area (Å²) in [5.74, 6) is 2.44. The predicted molar refractivity (Wildman–Crippen MR) is 206 cm³/mol. The van der Waals surface area contributed by atoms with Crippen molar-refractivity contribution in [3.05, 3.63) is 49.1 Å². The second-order valence-corrected chi connectivity index (χ2v) is 16.1. The molecule has 0 aliphatic rings. The Hall–Kier alpha value is -0.0400. The summed E-state index contributed by atoms with van der Waals surface area (Å²) in [4.78, 5) is 2.83. The number of aryl methyl sites for hydroxylation is 2. The molecule has 0 aromatic carbocycles. The van der Waals surface area contributed by atoms with Crippen molar-refractivity contribution in [3.8, 4) is 0 Å². The molecule has 2 nitrogen and oxygen atoms in total. The molecular weight excluding hydrogens is 756 g/mol. The van der Waals surface area contributed by atoms with E-state index in [-0.39, 0.29) is 34.0 Å². The lowest BCUT2D eigenvalue weighted by molar-refractivity contribution is -0.697. The topological polar surface area (TPSA) is 7.76 Å². The lowest BCUT2D eigenvalue weighted by Gasteiger charge is -2.04. The zero-order valence-electron chi connectivity index (χ0n) is 31.3. The molecule has 278 valence electrons. The maximum Gasteiger partial charge on any atom is 0.169 e. The highest BCUT2D eigenvalue weighted by molar-refractivity contribution is 7.99. The minimum Gasteiger partial charge on any atom is -1.00 e. The molecule has 2 aromatic heterocycles. The maximum atomic E-state index is 2.37. The summed E-state index contributed by atoms with van der Waals surface area (Å²) in [6, 6.07) is 9.26. The minimum atomic E-state index is 0. The van der Waals surface area contributed by atoms with Gasteiger partial charge in [0.05, 0.1) is 0 Å². The molecule has 48 heavy (non-hydrogen) atoms. The third kappa shape index (κ3) is 28.6. The second kappa shape index (κ2) is 36.7. The summed E-state index contributed by atoms with van der Waals surface area (Å²) in [7, 11) is 0. The first-order valence-corrected chi connectivity index (χ1v) is 22.0. The minimum absolute atomic E-state index is 0. The summed E-state index contributed by atoms with van der Waals surface area (Å²) in [5, 5.41) is 0. The van der Waals surface area contributed by atoms with Crippen LogP contribution in [0.2, 0.25) is 0 Å². The van der Waals surface area contributed by atoms with Crippen LogP contribution in [0, 0.1) is 0 Å². The van der Waals surface area contributed by atoms with Gasteiger partial charge in [-0.3, -0.25) is 0 Å². The number of thioether (sulfide) groups is 2. The molecule has 2 rings (SSSR count). The van der Waals surface area contributed by atoms with Gasteiger partial charge in [0, 0.05) is 46.9 Å². The number of unbranched alkanes of at least 4 members (excludes halogenated alkanes) is 23. The van der Waals surface area contributed by atoms with Crippen LogP contribution in [0.5, 0.6) is 0 Å². The first-order chi connectivity index (χ1) is 22.8. The normalized spacial score (nSPS) is 11.0. The van der Waals surface area contributed by atoms with Gasteiger partial charge in [-0.1, -0.05) is 142 Å². The Morgan fingerprint density at radius 2 is 0.604 bits per heavy atom. The average molecular weight is 831 g/mol. The lowest BCUT2D eigenvalue weighted by Crippen LogP contribution is -3.00. The quantitative estimate of drug-likeness (QED) is 0.0423. The highest BCUT2D eigenvalue weighted by atomic mass is 79.9. The smallest absolute Gasteiger partial charge is 0.169 e. The first kappa shape index (κ1) is 48.0. The van der Waals surface area contributed by atoms with Gasteiger partial charge in [-0.15, -0.1) is 23.5 Å². The summed E-state index contributed by atoms with van der Waals surface area (Å²) >= 11 is 4.03. The molecule has 0 N–H and O–H groups in total. The average Bonchev–Trinajstić information content (AvgIpc) is 3.08. The first-order valence-electron chi connectivity index (χ1n) is 20.1. The van der Waals surface area contributed by atoms with E-state index in [9.17, 15) is 0 Å². The molecule has 0 saturated heterocycles. The molecule has 0 radical (unpaired) electrons. The molecule has 0 aliphatic carbocycles. The zero-order chi connectivity index (χ0) is 32.6. The van der Waals surface area contributed by atoms with Crippen LogP contribution in [0.25, 0.3) is 0 Å². The highest BCUT2D eigenvalue weighted by Gasteiger charge is 2.04.